The Morgan fingerprint density at radius 3 is 2.26 bits per heavy atom. The Bertz CT molecular complexity index is 468. The maximum absolute atomic E-state index is 12.0. The molecule has 3 nitrogen and oxygen atoms in total. The highest BCUT2D eigenvalue weighted by atomic mass is 16.5. The highest BCUT2D eigenvalue weighted by Gasteiger charge is 2.37. The normalized spacial score (nSPS) is 14.5. The van der Waals surface area contributed by atoms with Gasteiger partial charge in [0.15, 0.2) is 5.78 Å². The molecule has 19 heavy (non-hydrogen) atoms. The van der Waals surface area contributed by atoms with Gasteiger partial charge in [-0.1, -0.05) is 30.3 Å². The lowest BCUT2D eigenvalue weighted by atomic mass is 9.76. The Balaban J connectivity index is 2.96. The molecule has 0 N–H and O–H groups in total. The van der Waals surface area contributed by atoms with Gasteiger partial charge in [0, 0.05) is 13.0 Å². The smallest absolute Gasteiger partial charge is 0.154 e. The minimum Gasteiger partial charge on any atom is -0.376 e. The van der Waals surface area contributed by atoms with E-state index in [1.807, 2.05) is 51.1 Å². The molecule has 1 rings (SSSR count). The predicted octanol–water partition coefficient (Wildman–Crippen LogP) is 3.24. The van der Waals surface area contributed by atoms with E-state index >= 15 is 0 Å². The number of ether oxygens (including phenoxy) is 1. The van der Waals surface area contributed by atoms with Crippen LogP contribution < -0.4 is 0 Å². The van der Waals surface area contributed by atoms with Gasteiger partial charge in [0.2, 0.25) is 0 Å². The monoisotopic (exact) mass is 259 g/mol. The second-order valence-corrected chi connectivity index (χ2v) is 5.65. The van der Waals surface area contributed by atoms with Gasteiger partial charge in [-0.3, -0.25) is 4.79 Å². The summed E-state index contributed by atoms with van der Waals surface area (Å²) in [5.41, 5.74) is -0.635. The molecule has 1 aromatic rings. The summed E-state index contributed by atoms with van der Waals surface area (Å²) in [6.45, 7) is 7.71. The Morgan fingerprint density at radius 1 is 1.26 bits per heavy atom. The summed E-state index contributed by atoms with van der Waals surface area (Å²) in [6.07, 6.45) is 0.375. The molecule has 0 aromatic heterocycles. The van der Waals surface area contributed by atoms with E-state index in [1.54, 1.807) is 0 Å². The molecule has 102 valence electrons. The lowest BCUT2D eigenvalue weighted by Crippen LogP contribution is -2.35. The highest BCUT2D eigenvalue weighted by Crippen LogP contribution is 2.29. The van der Waals surface area contributed by atoms with Gasteiger partial charge in [0.25, 0.3) is 0 Å². The van der Waals surface area contributed by atoms with Crippen LogP contribution in [0.3, 0.4) is 0 Å². The summed E-state index contributed by atoms with van der Waals surface area (Å²) in [5.74, 6) is -0.140. The summed E-state index contributed by atoms with van der Waals surface area (Å²) in [7, 11) is 0. The molecule has 0 spiro atoms. The first-order chi connectivity index (χ1) is 8.82. The second kappa shape index (κ2) is 5.99. The van der Waals surface area contributed by atoms with Crippen molar-refractivity contribution in [1.29, 1.82) is 5.26 Å². The molecule has 0 aliphatic carbocycles. The van der Waals surface area contributed by atoms with Crippen LogP contribution in [-0.2, 0) is 14.9 Å². The van der Waals surface area contributed by atoms with E-state index in [1.165, 1.54) is 6.92 Å². The van der Waals surface area contributed by atoms with Crippen molar-refractivity contribution in [1.82, 2.24) is 0 Å². The van der Waals surface area contributed by atoms with E-state index in [0.29, 0.717) is 13.0 Å². The van der Waals surface area contributed by atoms with Crippen LogP contribution in [0.5, 0.6) is 0 Å². The van der Waals surface area contributed by atoms with E-state index in [0.717, 1.165) is 5.56 Å². The van der Waals surface area contributed by atoms with Crippen molar-refractivity contribution in [2.75, 3.05) is 6.61 Å². The standard InChI is InChI=1S/C16H21NO2/c1-13(18)16(12-17,10-11-19-15(2,3)4)14-8-6-5-7-9-14/h5-9H,10-11H2,1-4H3. The van der Waals surface area contributed by atoms with Crippen molar-refractivity contribution in [3.05, 3.63) is 35.9 Å². The minimum absolute atomic E-state index is 0.140. The molecule has 0 amide bonds. The van der Waals surface area contributed by atoms with Crippen LogP contribution in [0.25, 0.3) is 0 Å². The summed E-state index contributed by atoms with van der Waals surface area (Å²) >= 11 is 0. The average Bonchev–Trinajstić information content (AvgIpc) is 2.34. The van der Waals surface area contributed by atoms with Gasteiger partial charge in [-0.15, -0.1) is 0 Å². The zero-order valence-electron chi connectivity index (χ0n) is 12.1. The lowest BCUT2D eigenvalue weighted by molar-refractivity contribution is -0.121. The molecular formula is C16H21NO2. The van der Waals surface area contributed by atoms with E-state index in [2.05, 4.69) is 6.07 Å². The third-order valence-corrected chi connectivity index (χ3v) is 3.07. The molecular weight excluding hydrogens is 238 g/mol. The van der Waals surface area contributed by atoms with Crippen LogP contribution in [0.4, 0.5) is 0 Å². The maximum atomic E-state index is 12.0. The number of benzene rings is 1. The van der Waals surface area contributed by atoms with E-state index in [4.69, 9.17) is 4.74 Å². The van der Waals surface area contributed by atoms with Crippen molar-refractivity contribution >= 4 is 5.78 Å². The third-order valence-electron chi connectivity index (χ3n) is 3.07. The topological polar surface area (TPSA) is 50.1 Å². The number of hydrogen-bond acceptors (Lipinski definition) is 3. The van der Waals surface area contributed by atoms with Gasteiger partial charge in [0.05, 0.1) is 11.7 Å². The number of ketones is 1. The molecule has 1 aromatic carbocycles. The number of rotatable bonds is 5. The van der Waals surface area contributed by atoms with Gasteiger partial charge in [-0.2, -0.15) is 5.26 Å². The number of nitriles is 1. The SMILES string of the molecule is CC(=O)C(C#N)(CCOC(C)(C)C)c1ccccc1. The number of nitrogens with zero attached hydrogens (tertiary/aromatic N) is 1. The first-order valence-corrected chi connectivity index (χ1v) is 6.43. The fraction of sp³-hybridized carbons (Fsp3) is 0.500. The van der Waals surface area contributed by atoms with Crippen molar-refractivity contribution in [2.24, 2.45) is 0 Å². The first kappa shape index (κ1) is 15.4. The Labute approximate surface area is 115 Å². The molecule has 0 saturated heterocycles. The van der Waals surface area contributed by atoms with Crippen molar-refractivity contribution in [3.8, 4) is 6.07 Å². The van der Waals surface area contributed by atoms with Crippen LogP contribution >= 0.6 is 0 Å². The summed E-state index contributed by atoms with van der Waals surface area (Å²) < 4.78 is 5.66. The molecule has 0 fully saturated rings. The van der Waals surface area contributed by atoms with Gasteiger partial charge in [-0.25, -0.2) is 0 Å². The molecule has 1 unspecified atom stereocenters. The molecule has 0 bridgehead atoms. The number of hydrogen-bond donors (Lipinski definition) is 0. The first-order valence-electron chi connectivity index (χ1n) is 6.43. The minimum atomic E-state index is -1.10. The van der Waals surface area contributed by atoms with E-state index in [-0.39, 0.29) is 11.4 Å². The zero-order valence-corrected chi connectivity index (χ0v) is 12.1. The van der Waals surface area contributed by atoms with Crippen LogP contribution in [0.1, 0.15) is 39.7 Å². The molecule has 1 atom stereocenters. The fourth-order valence-electron chi connectivity index (χ4n) is 1.96. The Morgan fingerprint density at radius 2 is 1.84 bits per heavy atom. The van der Waals surface area contributed by atoms with E-state index in [9.17, 15) is 10.1 Å². The zero-order chi connectivity index (χ0) is 14.5. The van der Waals surface area contributed by atoms with Gasteiger partial charge < -0.3 is 4.74 Å². The lowest BCUT2D eigenvalue weighted by Gasteiger charge is -2.27. The number of Topliss-reactive ketones (excluding diaryl/α,β-unsaturated/α-hetero) is 1. The van der Waals surface area contributed by atoms with Gasteiger partial charge >= 0.3 is 0 Å². The quantitative estimate of drug-likeness (QED) is 0.815. The Kier molecular flexibility index (Phi) is 4.85. The molecule has 0 aliphatic rings. The molecule has 0 aliphatic heterocycles. The maximum Gasteiger partial charge on any atom is 0.154 e. The Hall–Kier alpha value is -1.66. The third kappa shape index (κ3) is 3.90. The summed E-state index contributed by atoms with van der Waals surface area (Å²) in [4.78, 5) is 12.0. The van der Waals surface area contributed by atoms with E-state index < -0.39 is 5.41 Å². The van der Waals surface area contributed by atoms with Crippen LogP contribution in [0, 0.1) is 11.3 Å². The van der Waals surface area contributed by atoms with Gasteiger partial charge in [0.1, 0.15) is 5.41 Å². The molecule has 0 saturated carbocycles. The molecule has 3 heteroatoms. The second-order valence-electron chi connectivity index (χ2n) is 5.65. The summed E-state index contributed by atoms with van der Waals surface area (Å²) in [5, 5.41) is 9.50. The van der Waals surface area contributed by atoms with Crippen molar-refractivity contribution < 1.29 is 9.53 Å². The molecule has 0 heterocycles. The predicted molar refractivity (Wildman–Crippen MR) is 74.7 cm³/mol. The van der Waals surface area contributed by atoms with Crippen molar-refractivity contribution in [3.63, 3.8) is 0 Å². The van der Waals surface area contributed by atoms with Crippen LogP contribution in [-0.4, -0.2) is 18.0 Å². The summed E-state index contributed by atoms with van der Waals surface area (Å²) in [6, 6.07) is 11.4. The fourth-order valence-corrected chi connectivity index (χ4v) is 1.96. The van der Waals surface area contributed by atoms with Crippen LogP contribution in [0.15, 0.2) is 30.3 Å². The average molecular weight is 259 g/mol. The van der Waals surface area contributed by atoms with Crippen LogP contribution in [0.2, 0.25) is 0 Å². The van der Waals surface area contributed by atoms with Gasteiger partial charge in [-0.05, 0) is 33.3 Å². The van der Waals surface area contributed by atoms with Crippen molar-refractivity contribution in [2.45, 2.75) is 45.1 Å². The highest BCUT2D eigenvalue weighted by molar-refractivity contribution is 5.91. The number of carbonyl (C=O) groups excluding carboxylic acids is 1. The molecule has 0 radical (unpaired) electrons. The largest absolute Gasteiger partial charge is 0.376 e. The number of carbonyl (C=O) groups is 1.